The monoisotopic (exact) mass is 324 g/mol. The van der Waals surface area contributed by atoms with Gasteiger partial charge >= 0.3 is 0 Å². The van der Waals surface area contributed by atoms with Crippen molar-refractivity contribution in [1.29, 1.82) is 0 Å². The molecule has 0 aliphatic rings. The molecule has 0 spiro atoms. The van der Waals surface area contributed by atoms with Gasteiger partial charge in [0, 0.05) is 19.8 Å². The van der Waals surface area contributed by atoms with E-state index in [1.807, 2.05) is 12.1 Å². The number of carbonyl (C=O) groups excluding carboxylic acids is 1. The van der Waals surface area contributed by atoms with Gasteiger partial charge in [0.25, 0.3) is 0 Å². The number of benzene rings is 2. The van der Waals surface area contributed by atoms with E-state index in [9.17, 15) is 9.18 Å². The van der Waals surface area contributed by atoms with Crippen molar-refractivity contribution in [3.8, 4) is 0 Å². The Morgan fingerprint density at radius 2 is 1.83 bits per heavy atom. The van der Waals surface area contributed by atoms with Crippen LogP contribution in [0.15, 0.2) is 56.7 Å². The lowest BCUT2D eigenvalue weighted by atomic mass is 10.1. The third-order valence-electron chi connectivity index (χ3n) is 2.36. The molecule has 92 valence electrons. The van der Waals surface area contributed by atoms with E-state index in [2.05, 4.69) is 15.9 Å². The summed E-state index contributed by atoms with van der Waals surface area (Å²) in [5, 5.41) is 0. The van der Waals surface area contributed by atoms with Gasteiger partial charge < -0.3 is 0 Å². The highest BCUT2D eigenvalue weighted by atomic mass is 79.9. The first-order valence-corrected chi connectivity index (χ1v) is 6.91. The van der Waals surface area contributed by atoms with E-state index in [-0.39, 0.29) is 11.6 Å². The molecule has 0 amide bonds. The van der Waals surface area contributed by atoms with Gasteiger partial charge in [-0.05, 0) is 49.4 Å². The Morgan fingerprint density at radius 1 is 1.17 bits per heavy atom. The van der Waals surface area contributed by atoms with Gasteiger partial charge in [-0.2, -0.15) is 0 Å². The van der Waals surface area contributed by atoms with Crippen LogP contribution in [0.1, 0.15) is 17.3 Å². The van der Waals surface area contributed by atoms with Crippen LogP contribution in [0, 0.1) is 5.82 Å². The first-order chi connectivity index (χ1) is 8.56. The Kier molecular flexibility index (Phi) is 4.19. The van der Waals surface area contributed by atoms with Gasteiger partial charge in [-0.25, -0.2) is 4.39 Å². The molecule has 0 aliphatic heterocycles. The third-order valence-corrected chi connectivity index (χ3v) is 3.94. The lowest BCUT2D eigenvalue weighted by molar-refractivity contribution is 0.101. The van der Waals surface area contributed by atoms with E-state index in [1.165, 1.54) is 30.8 Å². The summed E-state index contributed by atoms with van der Waals surface area (Å²) in [4.78, 5) is 13.3. The van der Waals surface area contributed by atoms with Crippen LogP contribution in [0.4, 0.5) is 4.39 Å². The Bertz CT molecular complexity index is 581. The Morgan fingerprint density at radius 3 is 2.44 bits per heavy atom. The summed E-state index contributed by atoms with van der Waals surface area (Å²) >= 11 is 4.80. The Labute approximate surface area is 118 Å². The second kappa shape index (κ2) is 5.67. The lowest BCUT2D eigenvalue weighted by Crippen LogP contribution is -1.95. The van der Waals surface area contributed by atoms with Gasteiger partial charge in [0.15, 0.2) is 5.78 Å². The summed E-state index contributed by atoms with van der Waals surface area (Å²) in [7, 11) is 0. The molecule has 0 bridgehead atoms. The zero-order valence-electron chi connectivity index (χ0n) is 9.61. The molecule has 0 aromatic heterocycles. The van der Waals surface area contributed by atoms with Crippen molar-refractivity contribution in [2.24, 2.45) is 0 Å². The molecule has 0 saturated carbocycles. The number of hydrogen-bond acceptors (Lipinski definition) is 2. The van der Waals surface area contributed by atoms with Crippen LogP contribution in [-0.2, 0) is 0 Å². The largest absolute Gasteiger partial charge is 0.294 e. The number of carbonyl (C=O) groups is 1. The summed E-state index contributed by atoms with van der Waals surface area (Å²) in [6, 6.07) is 11.8. The predicted octanol–water partition coefficient (Wildman–Crippen LogP) is 4.94. The standard InChI is InChI=1S/C14H10BrFOS/c1-9(17)13-8-10(15)2-7-14(13)18-12-5-3-11(16)4-6-12/h2-8H,1H3. The van der Waals surface area contributed by atoms with Crippen LogP contribution >= 0.6 is 27.7 Å². The van der Waals surface area contributed by atoms with Crippen LogP contribution in [0.5, 0.6) is 0 Å². The quantitative estimate of drug-likeness (QED) is 0.744. The molecule has 2 rings (SSSR count). The summed E-state index contributed by atoms with van der Waals surface area (Å²) in [6.45, 7) is 1.54. The van der Waals surface area contributed by atoms with E-state index in [1.54, 1.807) is 18.2 Å². The molecule has 2 aromatic carbocycles. The minimum absolute atomic E-state index is 0.0147. The number of halogens is 2. The average molecular weight is 325 g/mol. The minimum atomic E-state index is -0.262. The first kappa shape index (κ1) is 13.3. The second-order valence-corrected chi connectivity index (χ2v) is 5.78. The van der Waals surface area contributed by atoms with E-state index >= 15 is 0 Å². The van der Waals surface area contributed by atoms with Gasteiger partial charge in [-0.15, -0.1) is 0 Å². The highest BCUT2D eigenvalue weighted by Crippen LogP contribution is 2.32. The van der Waals surface area contributed by atoms with Gasteiger partial charge in [0.2, 0.25) is 0 Å². The molecule has 0 heterocycles. The molecule has 0 radical (unpaired) electrons. The maximum Gasteiger partial charge on any atom is 0.160 e. The molecule has 18 heavy (non-hydrogen) atoms. The lowest BCUT2D eigenvalue weighted by Gasteiger charge is -2.07. The molecule has 0 atom stereocenters. The van der Waals surface area contributed by atoms with Crippen LogP contribution in [0.3, 0.4) is 0 Å². The summed E-state index contributed by atoms with van der Waals surface area (Å²) in [5.74, 6) is -0.247. The molecular formula is C14H10BrFOS. The van der Waals surface area contributed by atoms with E-state index in [0.717, 1.165) is 14.3 Å². The van der Waals surface area contributed by atoms with Crippen LogP contribution in [0.25, 0.3) is 0 Å². The summed E-state index contributed by atoms with van der Waals surface area (Å²) in [5.41, 5.74) is 0.665. The minimum Gasteiger partial charge on any atom is -0.294 e. The van der Waals surface area contributed by atoms with Crippen molar-refractivity contribution in [3.05, 3.63) is 58.3 Å². The molecule has 0 fully saturated rings. The van der Waals surface area contributed by atoms with Crippen LogP contribution in [0.2, 0.25) is 0 Å². The van der Waals surface area contributed by atoms with Crippen molar-refractivity contribution in [1.82, 2.24) is 0 Å². The maximum atomic E-state index is 12.8. The van der Waals surface area contributed by atoms with Gasteiger partial charge in [0.05, 0.1) is 0 Å². The molecule has 2 aromatic rings. The zero-order chi connectivity index (χ0) is 13.1. The number of hydrogen-bond donors (Lipinski definition) is 0. The summed E-state index contributed by atoms with van der Waals surface area (Å²) in [6.07, 6.45) is 0. The molecular weight excluding hydrogens is 315 g/mol. The van der Waals surface area contributed by atoms with Crippen molar-refractivity contribution in [2.75, 3.05) is 0 Å². The van der Waals surface area contributed by atoms with Crippen LogP contribution in [-0.4, -0.2) is 5.78 Å². The van der Waals surface area contributed by atoms with Gasteiger partial charge in [-0.1, -0.05) is 27.7 Å². The van der Waals surface area contributed by atoms with Crippen LogP contribution < -0.4 is 0 Å². The average Bonchev–Trinajstić information content (AvgIpc) is 2.34. The number of rotatable bonds is 3. The fraction of sp³-hybridized carbons (Fsp3) is 0.0714. The third kappa shape index (κ3) is 3.21. The SMILES string of the molecule is CC(=O)c1cc(Br)ccc1Sc1ccc(F)cc1. The second-order valence-electron chi connectivity index (χ2n) is 3.75. The Balaban J connectivity index is 2.34. The fourth-order valence-electron chi connectivity index (χ4n) is 1.50. The van der Waals surface area contributed by atoms with E-state index in [4.69, 9.17) is 0 Å². The Hall–Kier alpha value is -1.13. The molecule has 0 saturated heterocycles. The van der Waals surface area contributed by atoms with Crippen molar-refractivity contribution in [2.45, 2.75) is 16.7 Å². The van der Waals surface area contributed by atoms with Crippen molar-refractivity contribution < 1.29 is 9.18 Å². The van der Waals surface area contributed by atoms with E-state index in [0.29, 0.717) is 5.56 Å². The maximum absolute atomic E-state index is 12.8. The topological polar surface area (TPSA) is 17.1 Å². The molecule has 0 N–H and O–H groups in total. The van der Waals surface area contributed by atoms with E-state index < -0.39 is 0 Å². The highest BCUT2D eigenvalue weighted by molar-refractivity contribution is 9.10. The van der Waals surface area contributed by atoms with Crippen molar-refractivity contribution >= 4 is 33.5 Å². The first-order valence-electron chi connectivity index (χ1n) is 5.30. The number of ketones is 1. The number of Topliss-reactive ketones (excluding diaryl/α,β-unsaturated/α-hetero) is 1. The molecule has 0 aliphatic carbocycles. The fourth-order valence-corrected chi connectivity index (χ4v) is 2.83. The molecule has 1 nitrogen and oxygen atoms in total. The zero-order valence-corrected chi connectivity index (χ0v) is 12.0. The molecule has 0 unspecified atom stereocenters. The smallest absolute Gasteiger partial charge is 0.160 e. The predicted molar refractivity (Wildman–Crippen MR) is 74.7 cm³/mol. The normalized spacial score (nSPS) is 10.4. The highest BCUT2D eigenvalue weighted by Gasteiger charge is 2.09. The van der Waals surface area contributed by atoms with Gasteiger partial charge in [0.1, 0.15) is 5.82 Å². The molecule has 4 heteroatoms. The van der Waals surface area contributed by atoms with Crippen molar-refractivity contribution in [3.63, 3.8) is 0 Å². The van der Waals surface area contributed by atoms with Gasteiger partial charge in [-0.3, -0.25) is 4.79 Å². The summed E-state index contributed by atoms with van der Waals surface area (Å²) < 4.78 is 13.7.